The van der Waals surface area contributed by atoms with Gasteiger partial charge in [-0.2, -0.15) is 4.89 Å². The van der Waals surface area contributed by atoms with E-state index in [0.29, 0.717) is 12.2 Å². The third-order valence-electron chi connectivity index (χ3n) is 3.15. The molecular weight excluding hydrogens is 276 g/mol. The molecule has 22 heavy (non-hydrogen) atoms. The smallest absolute Gasteiger partial charge is 0.293 e. The van der Waals surface area contributed by atoms with Gasteiger partial charge in [0.15, 0.2) is 0 Å². The molecule has 0 aliphatic rings. The minimum Gasteiger partial charge on any atom is -0.293 e. The lowest BCUT2D eigenvalue weighted by Gasteiger charge is -2.02. The zero-order valence-corrected chi connectivity index (χ0v) is 13.5. The minimum absolute atomic E-state index is 0.443. The fourth-order valence-electron chi connectivity index (χ4n) is 1.58. The van der Waals surface area contributed by atoms with Gasteiger partial charge in [-0.15, -0.1) is 0 Å². The van der Waals surface area contributed by atoms with Crippen LogP contribution >= 0.6 is 0 Å². The van der Waals surface area contributed by atoms with Gasteiger partial charge in [0, 0.05) is 0 Å². The first-order valence-electron chi connectivity index (χ1n) is 7.56. The standard InChI is InChI=1S/C11H14O3.C8H10/c1-2-3-9-13-14-11(12)10-7-5-4-6-8-10;1-7-5-3-4-6-8(7)2/h4-8H,2-3,9H2,1H3;3-6H,1-2H3. The highest BCUT2D eigenvalue weighted by atomic mass is 17.2. The Labute approximate surface area is 132 Å². The Morgan fingerprint density at radius 2 is 1.45 bits per heavy atom. The van der Waals surface area contributed by atoms with Crippen LogP contribution in [-0.4, -0.2) is 12.6 Å². The lowest BCUT2D eigenvalue weighted by atomic mass is 10.1. The maximum Gasteiger partial charge on any atom is 0.373 e. The van der Waals surface area contributed by atoms with Gasteiger partial charge in [-0.1, -0.05) is 55.8 Å². The highest BCUT2D eigenvalue weighted by molar-refractivity contribution is 5.88. The molecule has 0 bridgehead atoms. The minimum atomic E-state index is -0.443. The van der Waals surface area contributed by atoms with Crippen molar-refractivity contribution >= 4 is 5.97 Å². The Morgan fingerprint density at radius 3 is 1.95 bits per heavy atom. The van der Waals surface area contributed by atoms with Crippen LogP contribution in [0.1, 0.15) is 41.3 Å². The highest BCUT2D eigenvalue weighted by Gasteiger charge is 2.06. The summed E-state index contributed by atoms with van der Waals surface area (Å²) in [5.41, 5.74) is 3.24. The molecule has 0 N–H and O–H groups in total. The number of aryl methyl sites for hydroxylation is 2. The van der Waals surface area contributed by atoms with E-state index in [1.165, 1.54) is 11.1 Å². The quantitative estimate of drug-likeness (QED) is 0.448. The monoisotopic (exact) mass is 300 g/mol. The Kier molecular flexibility index (Phi) is 8.61. The van der Waals surface area contributed by atoms with E-state index < -0.39 is 5.97 Å². The van der Waals surface area contributed by atoms with Crippen LogP contribution in [0.4, 0.5) is 0 Å². The molecule has 2 aromatic carbocycles. The van der Waals surface area contributed by atoms with Crippen LogP contribution < -0.4 is 0 Å². The molecule has 0 spiro atoms. The van der Waals surface area contributed by atoms with Crippen LogP contribution in [-0.2, 0) is 9.78 Å². The first kappa shape index (κ1) is 17.9. The van der Waals surface area contributed by atoms with E-state index in [2.05, 4.69) is 43.0 Å². The predicted molar refractivity (Wildman–Crippen MR) is 88.6 cm³/mol. The molecule has 2 aromatic rings. The SMILES string of the molecule is CCCCOOC(=O)c1ccccc1.Cc1ccccc1C. The number of carbonyl (C=O) groups is 1. The Balaban J connectivity index is 0.000000255. The van der Waals surface area contributed by atoms with Crippen LogP contribution in [0.25, 0.3) is 0 Å². The maximum atomic E-state index is 11.3. The van der Waals surface area contributed by atoms with Gasteiger partial charge in [0.1, 0.15) is 0 Å². The first-order valence-corrected chi connectivity index (χ1v) is 7.56. The van der Waals surface area contributed by atoms with Gasteiger partial charge in [0.05, 0.1) is 12.2 Å². The van der Waals surface area contributed by atoms with E-state index >= 15 is 0 Å². The Bertz CT molecular complexity index is 529. The van der Waals surface area contributed by atoms with Crippen LogP contribution in [0.2, 0.25) is 0 Å². The normalized spacial score (nSPS) is 9.59. The molecule has 0 saturated carbocycles. The van der Waals surface area contributed by atoms with Crippen molar-refractivity contribution in [1.82, 2.24) is 0 Å². The van der Waals surface area contributed by atoms with Crippen LogP contribution in [0.3, 0.4) is 0 Å². The van der Waals surface area contributed by atoms with E-state index in [-0.39, 0.29) is 0 Å². The molecule has 0 radical (unpaired) electrons. The molecule has 0 aliphatic heterocycles. The number of hydrogen-bond acceptors (Lipinski definition) is 3. The van der Waals surface area contributed by atoms with Gasteiger partial charge >= 0.3 is 5.97 Å². The van der Waals surface area contributed by atoms with Gasteiger partial charge < -0.3 is 0 Å². The number of carbonyl (C=O) groups excluding carboxylic acids is 1. The van der Waals surface area contributed by atoms with E-state index in [9.17, 15) is 4.79 Å². The molecule has 0 aliphatic carbocycles. The second-order valence-corrected chi connectivity index (χ2v) is 5.00. The number of rotatable bonds is 5. The third kappa shape index (κ3) is 7.04. The lowest BCUT2D eigenvalue weighted by Crippen LogP contribution is -2.06. The molecular formula is C19H24O3. The molecule has 0 aromatic heterocycles. The maximum absolute atomic E-state index is 11.3. The van der Waals surface area contributed by atoms with Gasteiger partial charge in [0.2, 0.25) is 0 Å². The Morgan fingerprint density at radius 1 is 0.909 bits per heavy atom. The summed E-state index contributed by atoms with van der Waals surface area (Å²) >= 11 is 0. The topological polar surface area (TPSA) is 35.5 Å². The number of unbranched alkanes of at least 4 members (excludes halogenated alkanes) is 1. The van der Waals surface area contributed by atoms with Crippen molar-refractivity contribution in [3.05, 3.63) is 71.3 Å². The van der Waals surface area contributed by atoms with Crippen molar-refractivity contribution < 1.29 is 14.6 Å². The number of hydrogen-bond donors (Lipinski definition) is 0. The van der Waals surface area contributed by atoms with E-state index in [4.69, 9.17) is 4.89 Å². The van der Waals surface area contributed by atoms with Crippen molar-refractivity contribution in [2.24, 2.45) is 0 Å². The predicted octanol–water partition coefficient (Wildman–Crippen LogP) is 4.88. The lowest BCUT2D eigenvalue weighted by molar-refractivity contribution is -0.241. The zero-order valence-electron chi connectivity index (χ0n) is 13.5. The summed E-state index contributed by atoms with van der Waals surface area (Å²) in [7, 11) is 0. The molecule has 3 heteroatoms. The molecule has 0 amide bonds. The summed E-state index contributed by atoms with van der Waals surface area (Å²) < 4.78 is 0. The third-order valence-corrected chi connectivity index (χ3v) is 3.15. The van der Waals surface area contributed by atoms with Gasteiger partial charge in [-0.25, -0.2) is 4.79 Å². The summed E-state index contributed by atoms with van der Waals surface area (Å²) in [5, 5.41) is 0. The van der Waals surface area contributed by atoms with E-state index in [0.717, 1.165) is 12.8 Å². The number of benzene rings is 2. The average molecular weight is 300 g/mol. The molecule has 0 fully saturated rings. The summed E-state index contributed by atoms with van der Waals surface area (Å²) in [6, 6.07) is 17.1. The average Bonchev–Trinajstić information content (AvgIpc) is 2.56. The fourth-order valence-corrected chi connectivity index (χ4v) is 1.58. The second kappa shape index (κ2) is 10.6. The van der Waals surface area contributed by atoms with Gasteiger partial charge in [-0.05, 0) is 43.5 Å². The fraction of sp³-hybridized carbons (Fsp3) is 0.316. The van der Waals surface area contributed by atoms with E-state index in [1.807, 2.05) is 13.0 Å². The molecule has 0 unspecified atom stereocenters. The van der Waals surface area contributed by atoms with Crippen LogP contribution in [0.5, 0.6) is 0 Å². The summed E-state index contributed by atoms with van der Waals surface area (Å²) in [6.45, 7) is 6.74. The Hall–Kier alpha value is -2.13. The molecule has 0 saturated heterocycles. The first-order chi connectivity index (χ1) is 10.6. The summed E-state index contributed by atoms with van der Waals surface area (Å²) in [6.07, 6.45) is 1.91. The highest BCUT2D eigenvalue weighted by Crippen LogP contribution is 2.03. The van der Waals surface area contributed by atoms with Crippen molar-refractivity contribution in [1.29, 1.82) is 0 Å². The largest absolute Gasteiger partial charge is 0.373 e. The molecule has 2 rings (SSSR count). The van der Waals surface area contributed by atoms with E-state index in [1.54, 1.807) is 24.3 Å². The zero-order chi connectivity index (χ0) is 16.2. The van der Waals surface area contributed by atoms with Crippen LogP contribution in [0.15, 0.2) is 54.6 Å². The van der Waals surface area contributed by atoms with Crippen molar-refractivity contribution in [2.45, 2.75) is 33.6 Å². The summed E-state index contributed by atoms with van der Waals surface area (Å²) in [4.78, 5) is 20.6. The van der Waals surface area contributed by atoms with Crippen LogP contribution in [0, 0.1) is 13.8 Å². The molecule has 0 atom stereocenters. The summed E-state index contributed by atoms with van der Waals surface area (Å²) in [5.74, 6) is -0.443. The molecule has 118 valence electrons. The second-order valence-electron chi connectivity index (χ2n) is 5.00. The van der Waals surface area contributed by atoms with Crippen molar-refractivity contribution in [3.63, 3.8) is 0 Å². The molecule has 0 heterocycles. The molecule has 3 nitrogen and oxygen atoms in total. The van der Waals surface area contributed by atoms with Gasteiger partial charge in [0.25, 0.3) is 0 Å². The van der Waals surface area contributed by atoms with Crippen molar-refractivity contribution in [2.75, 3.05) is 6.61 Å². The van der Waals surface area contributed by atoms with Crippen molar-refractivity contribution in [3.8, 4) is 0 Å². The van der Waals surface area contributed by atoms with Gasteiger partial charge in [-0.3, -0.25) is 4.89 Å².